The molecule has 2 aromatic rings. The van der Waals surface area contributed by atoms with Crippen LogP contribution in [0, 0.1) is 0 Å². The number of benzene rings is 2. The Morgan fingerprint density at radius 3 is 2.23 bits per heavy atom. The Hall–Kier alpha value is -3.27. The highest BCUT2D eigenvalue weighted by Gasteiger charge is 2.43. The van der Waals surface area contributed by atoms with Crippen LogP contribution in [0.3, 0.4) is 0 Å². The minimum atomic E-state index is -4.77. The Labute approximate surface area is 201 Å². The fourth-order valence-corrected chi connectivity index (χ4v) is 4.09. The molecule has 1 N–H and O–H groups in total. The number of nitrogens with one attached hydrogen (secondary N) is 1. The maximum atomic E-state index is 12.2. The number of nitrogens with zero attached hydrogens (tertiary/aromatic N) is 2. The predicted octanol–water partition coefficient (Wildman–Crippen LogP) is 6.01. The van der Waals surface area contributed by atoms with E-state index in [1.54, 1.807) is 5.06 Å². The molecule has 4 rings (SSSR count). The summed E-state index contributed by atoms with van der Waals surface area (Å²) in [4.78, 5) is 23.4. The van der Waals surface area contributed by atoms with Gasteiger partial charge in [0.05, 0.1) is 5.71 Å². The van der Waals surface area contributed by atoms with Crippen LogP contribution in [0.15, 0.2) is 53.7 Å². The van der Waals surface area contributed by atoms with Crippen LogP contribution in [0.5, 0.6) is 5.75 Å². The number of carbonyl (C=O) groups excluding carboxylic acids is 1. The fraction of sp³-hybridized carbons (Fsp3) is 0.440. The quantitative estimate of drug-likeness (QED) is 0.568. The van der Waals surface area contributed by atoms with Gasteiger partial charge in [0.25, 0.3) is 0 Å². The van der Waals surface area contributed by atoms with Crippen molar-refractivity contribution in [2.75, 3.05) is 18.4 Å². The molecule has 7 nitrogen and oxygen atoms in total. The van der Waals surface area contributed by atoms with Crippen LogP contribution >= 0.6 is 0 Å². The van der Waals surface area contributed by atoms with E-state index < -0.39 is 18.1 Å². The predicted molar refractivity (Wildman–Crippen MR) is 124 cm³/mol. The SMILES string of the molecule is CC(C)(C)c1ccc(C2=NOC3(CCN(OC(=O)Nc4ccc(OC(F)(F)F)cc4)CC3)C2)cc1. The van der Waals surface area contributed by atoms with Crippen molar-refractivity contribution >= 4 is 17.5 Å². The molecule has 0 unspecified atom stereocenters. The normalized spacial score (nSPS) is 18.1. The minimum Gasteiger partial charge on any atom is -0.406 e. The number of anilines is 1. The smallest absolute Gasteiger partial charge is 0.406 e. The Morgan fingerprint density at radius 2 is 1.66 bits per heavy atom. The molecule has 0 atom stereocenters. The lowest BCUT2D eigenvalue weighted by molar-refractivity contribution is -0.274. The summed E-state index contributed by atoms with van der Waals surface area (Å²) < 4.78 is 40.6. The molecule has 0 saturated carbocycles. The molecule has 10 heteroatoms. The number of ether oxygens (including phenoxy) is 1. The van der Waals surface area contributed by atoms with E-state index in [0.29, 0.717) is 32.4 Å². The number of carbonyl (C=O) groups is 1. The van der Waals surface area contributed by atoms with Crippen LogP contribution in [0.1, 0.15) is 51.2 Å². The molecule has 0 aromatic heterocycles. The molecule has 1 spiro atoms. The molecule has 2 aliphatic rings. The number of rotatable bonds is 4. The van der Waals surface area contributed by atoms with Crippen molar-refractivity contribution < 1.29 is 32.4 Å². The van der Waals surface area contributed by atoms with E-state index in [0.717, 1.165) is 23.4 Å². The van der Waals surface area contributed by atoms with Crippen LogP contribution in [0.4, 0.5) is 23.7 Å². The second kappa shape index (κ2) is 9.41. The molecular weight excluding hydrogens is 463 g/mol. The average Bonchev–Trinajstić information content (AvgIpc) is 3.19. The van der Waals surface area contributed by atoms with Gasteiger partial charge in [0.1, 0.15) is 11.4 Å². The van der Waals surface area contributed by atoms with E-state index in [1.807, 2.05) is 0 Å². The van der Waals surface area contributed by atoms with Crippen LogP contribution < -0.4 is 10.1 Å². The third kappa shape index (κ3) is 6.45. The van der Waals surface area contributed by atoms with Crippen LogP contribution in [0.25, 0.3) is 0 Å². The van der Waals surface area contributed by atoms with Crippen molar-refractivity contribution in [2.24, 2.45) is 5.16 Å². The molecule has 1 amide bonds. The Kier molecular flexibility index (Phi) is 6.68. The van der Waals surface area contributed by atoms with E-state index in [-0.39, 0.29) is 16.9 Å². The van der Waals surface area contributed by atoms with E-state index in [2.05, 4.69) is 60.2 Å². The highest BCUT2D eigenvalue weighted by atomic mass is 19.4. The van der Waals surface area contributed by atoms with Crippen molar-refractivity contribution in [3.05, 3.63) is 59.7 Å². The molecule has 0 radical (unpaired) electrons. The van der Waals surface area contributed by atoms with Gasteiger partial charge in [-0.15, -0.1) is 18.2 Å². The van der Waals surface area contributed by atoms with Gasteiger partial charge in [-0.1, -0.05) is 50.2 Å². The van der Waals surface area contributed by atoms with Gasteiger partial charge in [0, 0.05) is 38.0 Å². The molecule has 1 saturated heterocycles. The van der Waals surface area contributed by atoms with Crippen LogP contribution in [-0.2, 0) is 15.1 Å². The number of amides is 1. The van der Waals surface area contributed by atoms with Crippen molar-refractivity contribution in [3.8, 4) is 5.75 Å². The van der Waals surface area contributed by atoms with Crippen LogP contribution in [0.2, 0.25) is 0 Å². The van der Waals surface area contributed by atoms with Gasteiger partial charge in [0.15, 0.2) is 0 Å². The Morgan fingerprint density at radius 1 is 1.03 bits per heavy atom. The standard InChI is InChI=1S/C25H28F3N3O4/c1-23(2,3)18-6-4-17(5-7-18)21-16-24(35-30-21)12-14-31(15-13-24)34-22(32)29-19-8-10-20(11-9-19)33-25(26,27)28/h4-11H,12-16H2,1-3H3,(H,29,32). The van der Waals surface area contributed by atoms with E-state index in [1.165, 1.54) is 17.7 Å². The monoisotopic (exact) mass is 491 g/mol. The summed E-state index contributed by atoms with van der Waals surface area (Å²) in [5.74, 6) is -0.374. The number of halogens is 3. The van der Waals surface area contributed by atoms with Crippen molar-refractivity contribution in [3.63, 3.8) is 0 Å². The summed E-state index contributed by atoms with van der Waals surface area (Å²) in [6.07, 6.45) is -3.54. The Balaban J connectivity index is 1.24. The van der Waals surface area contributed by atoms with Crippen LogP contribution in [-0.4, -0.2) is 41.9 Å². The number of hydrogen-bond donors (Lipinski definition) is 1. The lowest BCUT2D eigenvalue weighted by Crippen LogP contribution is -2.45. The molecule has 1 fully saturated rings. The molecular formula is C25H28F3N3O4. The highest BCUT2D eigenvalue weighted by Crippen LogP contribution is 2.36. The topological polar surface area (TPSA) is 72.4 Å². The molecule has 2 heterocycles. The minimum absolute atomic E-state index is 0.0812. The fourth-order valence-electron chi connectivity index (χ4n) is 4.09. The van der Waals surface area contributed by atoms with Gasteiger partial charge in [-0.25, -0.2) is 4.79 Å². The third-order valence-corrected chi connectivity index (χ3v) is 6.10. The molecule has 188 valence electrons. The molecule has 2 aromatic carbocycles. The summed E-state index contributed by atoms with van der Waals surface area (Å²) in [6, 6.07) is 13.2. The summed E-state index contributed by atoms with van der Waals surface area (Å²) in [5, 5.41) is 8.38. The molecule has 35 heavy (non-hydrogen) atoms. The molecule has 2 aliphatic heterocycles. The largest absolute Gasteiger partial charge is 0.573 e. The Bertz CT molecular complexity index is 1070. The van der Waals surface area contributed by atoms with Crippen molar-refractivity contribution in [1.29, 1.82) is 0 Å². The summed E-state index contributed by atoms with van der Waals surface area (Å²) >= 11 is 0. The van der Waals surface area contributed by atoms with Gasteiger partial charge >= 0.3 is 12.5 Å². The van der Waals surface area contributed by atoms with Crippen molar-refractivity contribution in [1.82, 2.24) is 5.06 Å². The van der Waals surface area contributed by atoms with E-state index >= 15 is 0 Å². The van der Waals surface area contributed by atoms with E-state index in [9.17, 15) is 18.0 Å². The molecule has 0 aliphatic carbocycles. The zero-order chi connectivity index (χ0) is 25.3. The van der Waals surface area contributed by atoms with Gasteiger partial charge in [-0.3, -0.25) is 5.32 Å². The van der Waals surface area contributed by atoms with Gasteiger partial charge < -0.3 is 14.4 Å². The van der Waals surface area contributed by atoms with E-state index in [4.69, 9.17) is 9.68 Å². The second-order valence-corrected chi connectivity index (χ2v) is 9.82. The maximum Gasteiger partial charge on any atom is 0.573 e. The van der Waals surface area contributed by atoms with Crippen molar-refractivity contribution in [2.45, 2.75) is 57.4 Å². The van der Waals surface area contributed by atoms with Gasteiger partial charge in [-0.2, -0.15) is 0 Å². The summed E-state index contributed by atoms with van der Waals surface area (Å²) in [6.45, 7) is 7.46. The lowest BCUT2D eigenvalue weighted by atomic mass is 9.84. The third-order valence-electron chi connectivity index (χ3n) is 6.10. The second-order valence-electron chi connectivity index (χ2n) is 9.82. The first-order valence-electron chi connectivity index (χ1n) is 11.4. The zero-order valence-corrected chi connectivity index (χ0v) is 19.8. The van der Waals surface area contributed by atoms with Gasteiger partial charge in [0.2, 0.25) is 0 Å². The maximum absolute atomic E-state index is 12.2. The summed E-state index contributed by atoms with van der Waals surface area (Å²) in [7, 11) is 0. The number of hydrogen-bond acceptors (Lipinski definition) is 6. The zero-order valence-electron chi connectivity index (χ0n) is 19.8. The first-order valence-corrected chi connectivity index (χ1v) is 11.4. The first-order chi connectivity index (χ1) is 16.4. The highest BCUT2D eigenvalue weighted by molar-refractivity contribution is 6.01. The number of piperidine rings is 1. The summed E-state index contributed by atoms with van der Waals surface area (Å²) in [5.41, 5.74) is 3.16. The number of hydroxylamine groups is 2. The van der Waals surface area contributed by atoms with Gasteiger partial charge in [-0.05, 0) is 40.8 Å². The molecule has 0 bridgehead atoms. The number of alkyl halides is 3. The lowest BCUT2D eigenvalue weighted by Gasteiger charge is -2.35. The average molecular weight is 492 g/mol. The first kappa shape index (κ1) is 24.8. The number of oxime groups is 1.